The summed E-state index contributed by atoms with van der Waals surface area (Å²) in [5.74, 6) is 0.501. The third kappa shape index (κ3) is 2.44. The Morgan fingerprint density at radius 3 is 2.36 bits per heavy atom. The van der Waals surface area contributed by atoms with Crippen LogP contribution >= 0.6 is 0 Å². The Hall–Kier alpha value is -1.12. The Morgan fingerprint density at radius 2 is 1.86 bits per heavy atom. The van der Waals surface area contributed by atoms with Gasteiger partial charge in [0.05, 0.1) is 0 Å². The molecule has 0 spiro atoms. The van der Waals surface area contributed by atoms with Crippen molar-refractivity contribution in [2.75, 3.05) is 0 Å². The zero-order valence-corrected chi connectivity index (χ0v) is 8.55. The molecule has 0 bridgehead atoms. The monoisotopic (exact) mass is 200 g/mol. The Morgan fingerprint density at radius 1 is 1.21 bits per heavy atom. The van der Waals surface area contributed by atoms with E-state index in [1.54, 1.807) is 13.0 Å². The second kappa shape index (κ2) is 4.40. The first-order valence-corrected chi connectivity index (χ1v) is 4.56. The summed E-state index contributed by atoms with van der Waals surface area (Å²) in [5.41, 5.74) is 1.57. The molecule has 1 aromatic carbocycles. The molecule has 14 heavy (non-hydrogen) atoms. The van der Waals surface area contributed by atoms with Crippen molar-refractivity contribution in [3.8, 4) is 5.75 Å². The van der Waals surface area contributed by atoms with Gasteiger partial charge in [-0.05, 0) is 24.0 Å². The average molecular weight is 200 g/mol. The van der Waals surface area contributed by atoms with Crippen molar-refractivity contribution < 1.29 is 13.5 Å². The molecule has 0 aliphatic rings. The van der Waals surface area contributed by atoms with E-state index >= 15 is 0 Å². The van der Waals surface area contributed by atoms with E-state index in [0.29, 0.717) is 5.75 Å². The zero-order chi connectivity index (χ0) is 10.7. The largest absolute Gasteiger partial charge is 0.434 e. The lowest BCUT2D eigenvalue weighted by Crippen LogP contribution is -2.06. The van der Waals surface area contributed by atoms with Gasteiger partial charge < -0.3 is 4.74 Å². The highest BCUT2D eigenvalue weighted by molar-refractivity contribution is 5.42. The van der Waals surface area contributed by atoms with Crippen LogP contribution in [-0.2, 0) is 0 Å². The summed E-state index contributed by atoms with van der Waals surface area (Å²) in [6.45, 7) is 2.91. The minimum Gasteiger partial charge on any atom is -0.434 e. The number of alkyl halides is 2. The van der Waals surface area contributed by atoms with Crippen molar-refractivity contribution in [2.45, 2.75) is 33.3 Å². The first-order valence-electron chi connectivity index (χ1n) is 4.56. The van der Waals surface area contributed by atoms with E-state index in [2.05, 4.69) is 4.74 Å². The first-order chi connectivity index (χ1) is 6.52. The second-order valence-electron chi connectivity index (χ2n) is 3.53. The van der Waals surface area contributed by atoms with Crippen LogP contribution in [0.4, 0.5) is 8.78 Å². The van der Waals surface area contributed by atoms with Crippen LogP contribution in [-0.4, -0.2) is 6.61 Å². The summed E-state index contributed by atoms with van der Waals surface area (Å²) in [5, 5.41) is 0. The van der Waals surface area contributed by atoms with Crippen molar-refractivity contribution in [3.63, 3.8) is 0 Å². The predicted octanol–water partition coefficient (Wildman–Crippen LogP) is 3.72. The summed E-state index contributed by atoms with van der Waals surface area (Å²) in [7, 11) is 0. The van der Waals surface area contributed by atoms with Gasteiger partial charge in [0.2, 0.25) is 0 Å². The molecule has 0 heterocycles. The van der Waals surface area contributed by atoms with Crippen LogP contribution in [0.2, 0.25) is 0 Å². The molecule has 1 rings (SSSR count). The number of hydrogen-bond donors (Lipinski definition) is 0. The van der Waals surface area contributed by atoms with Gasteiger partial charge in [0.1, 0.15) is 5.75 Å². The third-order valence-electron chi connectivity index (χ3n) is 2.07. The predicted molar refractivity (Wildman–Crippen MR) is 51.9 cm³/mol. The number of benzene rings is 1. The zero-order valence-electron chi connectivity index (χ0n) is 8.55. The van der Waals surface area contributed by atoms with E-state index in [1.807, 2.05) is 26.0 Å². The normalized spacial score (nSPS) is 11.1. The van der Waals surface area contributed by atoms with E-state index in [-0.39, 0.29) is 5.92 Å². The fraction of sp³-hybridized carbons (Fsp3) is 0.455. The lowest BCUT2D eigenvalue weighted by molar-refractivity contribution is -0.0510. The molecule has 0 atom stereocenters. The van der Waals surface area contributed by atoms with E-state index < -0.39 is 6.61 Å². The Kier molecular flexibility index (Phi) is 3.44. The van der Waals surface area contributed by atoms with Crippen molar-refractivity contribution >= 4 is 0 Å². The van der Waals surface area contributed by atoms with Crippen LogP contribution in [0.25, 0.3) is 0 Å². The minimum atomic E-state index is -2.76. The van der Waals surface area contributed by atoms with Gasteiger partial charge >= 0.3 is 6.61 Å². The molecular formula is C11H14F2O. The van der Waals surface area contributed by atoms with E-state index in [4.69, 9.17) is 0 Å². The van der Waals surface area contributed by atoms with Crippen LogP contribution in [0.5, 0.6) is 5.75 Å². The van der Waals surface area contributed by atoms with Gasteiger partial charge in [-0.3, -0.25) is 0 Å². The van der Waals surface area contributed by atoms with E-state index in [9.17, 15) is 8.78 Å². The highest BCUT2D eigenvalue weighted by Gasteiger charge is 2.13. The van der Waals surface area contributed by atoms with Crippen LogP contribution in [0.3, 0.4) is 0 Å². The summed E-state index contributed by atoms with van der Waals surface area (Å²) in [6, 6.07) is 5.43. The molecule has 1 nitrogen and oxygen atoms in total. The van der Waals surface area contributed by atoms with Crippen LogP contribution in [0.1, 0.15) is 30.9 Å². The second-order valence-corrected chi connectivity index (χ2v) is 3.53. The molecule has 0 aromatic heterocycles. The Bertz CT molecular complexity index is 308. The molecule has 0 saturated heterocycles. The number of para-hydroxylation sites is 1. The molecule has 0 radical (unpaired) electrons. The van der Waals surface area contributed by atoms with E-state index in [1.165, 1.54) is 0 Å². The maximum absolute atomic E-state index is 12.1. The van der Waals surface area contributed by atoms with Gasteiger partial charge in [-0.1, -0.05) is 32.0 Å². The molecule has 0 saturated carbocycles. The quantitative estimate of drug-likeness (QED) is 0.722. The van der Waals surface area contributed by atoms with E-state index in [0.717, 1.165) is 11.1 Å². The highest BCUT2D eigenvalue weighted by Crippen LogP contribution is 2.30. The number of rotatable bonds is 3. The summed E-state index contributed by atoms with van der Waals surface area (Å²) >= 11 is 0. The molecular weight excluding hydrogens is 186 g/mol. The minimum absolute atomic E-state index is 0.184. The topological polar surface area (TPSA) is 9.23 Å². The molecule has 1 aromatic rings. The fourth-order valence-electron chi connectivity index (χ4n) is 1.38. The lowest BCUT2D eigenvalue weighted by Gasteiger charge is -2.15. The van der Waals surface area contributed by atoms with Crippen molar-refractivity contribution in [2.24, 2.45) is 0 Å². The van der Waals surface area contributed by atoms with Gasteiger partial charge in [-0.25, -0.2) is 0 Å². The van der Waals surface area contributed by atoms with Crippen molar-refractivity contribution in [1.82, 2.24) is 0 Å². The van der Waals surface area contributed by atoms with Gasteiger partial charge in [0, 0.05) is 0 Å². The number of ether oxygens (including phenoxy) is 1. The molecule has 0 fully saturated rings. The van der Waals surface area contributed by atoms with Crippen LogP contribution in [0.15, 0.2) is 18.2 Å². The highest BCUT2D eigenvalue weighted by atomic mass is 19.3. The summed E-state index contributed by atoms with van der Waals surface area (Å²) in [4.78, 5) is 0. The Labute approximate surface area is 82.7 Å². The van der Waals surface area contributed by atoms with Crippen molar-refractivity contribution in [3.05, 3.63) is 29.3 Å². The van der Waals surface area contributed by atoms with Gasteiger partial charge in [-0.2, -0.15) is 8.78 Å². The molecule has 0 amide bonds. The summed E-state index contributed by atoms with van der Waals surface area (Å²) in [6.07, 6.45) is 0. The maximum atomic E-state index is 12.1. The molecule has 0 aliphatic carbocycles. The number of halogens is 2. The third-order valence-corrected chi connectivity index (χ3v) is 2.07. The van der Waals surface area contributed by atoms with Crippen LogP contribution < -0.4 is 4.74 Å². The summed E-state index contributed by atoms with van der Waals surface area (Å²) < 4.78 is 28.7. The molecule has 3 heteroatoms. The number of hydrogen-bond acceptors (Lipinski definition) is 1. The molecule has 0 N–H and O–H groups in total. The van der Waals surface area contributed by atoms with Crippen molar-refractivity contribution in [1.29, 1.82) is 0 Å². The van der Waals surface area contributed by atoms with Crippen LogP contribution in [0, 0.1) is 6.92 Å². The SMILES string of the molecule is Cc1cccc(C(C)C)c1OC(F)F. The van der Waals surface area contributed by atoms with Gasteiger partial charge in [-0.15, -0.1) is 0 Å². The fourth-order valence-corrected chi connectivity index (χ4v) is 1.38. The maximum Gasteiger partial charge on any atom is 0.387 e. The average Bonchev–Trinajstić information content (AvgIpc) is 2.07. The first kappa shape index (κ1) is 11.0. The molecule has 0 aliphatic heterocycles. The standard InChI is InChI=1S/C11H14F2O/c1-7(2)9-6-4-5-8(3)10(9)14-11(12)13/h4-7,11H,1-3H3. The van der Waals surface area contributed by atoms with Gasteiger partial charge in [0.25, 0.3) is 0 Å². The molecule has 0 unspecified atom stereocenters. The number of aryl methyl sites for hydroxylation is 1. The Balaban J connectivity index is 3.09. The smallest absolute Gasteiger partial charge is 0.387 e. The lowest BCUT2D eigenvalue weighted by atomic mass is 10.00. The van der Waals surface area contributed by atoms with Gasteiger partial charge in [0.15, 0.2) is 0 Å². The molecule has 78 valence electrons.